The number of hydroxylamine groups is 2. The molecule has 0 aromatic carbocycles. The van der Waals surface area contributed by atoms with Crippen molar-refractivity contribution in [3.8, 4) is 0 Å². The number of imide groups is 1. The summed E-state index contributed by atoms with van der Waals surface area (Å²) < 4.78 is 0.423. The highest BCUT2D eigenvalue weighted by Gasteiger charge is 2.32. The molecule has 1 aliphatic heterocycles. The summed E-state index contributed by atoms with van der Waals surface area (Å²) in [6.07, 6.45) is 0.302. The van der Waals surface area contributed by atoms with Gasteiger partial charge in [-0.25, -0.2) is 4.79 Å². The normalized spacial score (nSPS) is 14.6. The van der Waals surface area contributed by atoms with Gasteiger partial charge in [-0.3, -0.25) is 14.4 Å². The van der Waals surface area contributed by atoms with E-state index in [0.717, 1.165) is 0 Å². The molecule has 1 aliphatic rings. The van der Waals surface area contributed by atoms with Gasteiger partial charge in [0.1, 0.15) is 0 Å². The Labute approximate surface area is 134 Å². The first-order valence-corrected chi connectivity index (χ1v) is 8.69. The Morgan fingerprint density at radius 3 is 2.50 bits per heavy atom. The van der Waals surface area contributed by atoms with Crippen LogP contribution in [0.1, 0.15) is 19.3 Å². The molecule has 7 nitrogen and oxygen atoms in total. The van der Waals surface area contributed by atoms with Gasteiger partial charge < -0.3 is 10.2 Å². The first-order chi connectivity index (χ1) is 9.54. The summed E-state index contributed by atoms with van der Waals surface area (Å²) in [6, 6.07) is 0. The van der Waals surface area contributed by atoms with Gasteiger partial charge in [0.05, 0.1) is 10.8 Å². The molecule has 0 aromatic rings. The number of hydrogen-bond donors (Lipinski definition) is 1. The Bertz CT molecular complexity index is 388. The van der Waals surface area contributed by atoms with E-state index in [-0.39, 0.29) is 25.2 Å². The molecule has 0 unspecified atom stereocenters. The van der Waals surface area contributed by atoms with Gasteiger partial charge in [-0.05, 0) is 0 Å². The minimum atomic E-state index is -0.600. The standard InChI is InChI=1S/C11H15IN2O5S/c12-7-8(15)13-4-6-20-5-3-11(18)19-14-9(16)1-2-10(14)17/h1-7H2,(H,13,15). The molecule has 0 aliphatic carbocycles. The summed E-state index contributed by atoms with van der Waals surface area (Å²) in [6.45, 7) is 0.546. The highest BCUT2D eigenvalue weighted by atomic mass is 127. The van der Waals surface area contributed by atoms with Crippen LogP contribution in [0.3, 0.4) is 0 Å². The average molecular weight is 414 g/mol. The van der Waals surface area contributed by atoms with Crippen LogP contribution in [0, 0.1) is 0 Å². The van der Waals surface area contributed by atoms with Gasteiger partial charge in [-0.15, -0.1) is 5.06 Å². The van der Waals surface area contributed by atoms with Crippen LogP contribution in [0.15, 0.2) is 0 Å². The van der Waals surface area contributed by atoms with Crippen molar-refractivity contribution in [3.63, 3.8) is 0 Å². The number of halogens is 1. The monoisotopic (exact) mass is 414 g/mol. The maximum atomic E-state index is 11.4. The second-order valence-electron chi connectivity index (χ2n) is 3.89. The quantitative estimate of drug-likeness (QED) is 0.265. The number of thioether (sulfide) groups is 1. The number of carbonyl (C=O) groups excluding carboxylic acids is 4. The molecule has 1 fully saturated rings. The van der Waals surface area contributed by atoms with E-state index in [9.17, 15) is 19.2 Å². The van der Waals surface area contributed by atoms with Gasteiger partial charge in [0, 0.05) is 30.9 Å². The van der Waals surface area contributed by atoms with Crippen molar-refractivity contribution in [3.05, 3.63) is 0 Å². The van der Waals surface area contributed by atoms with Crippen LogP contribution in [0.4, 0.5) is 0 Å². The fourth-order valence-corrected chi connectivity index (χ4v) is 2.40. The molecule has 0 radical (unpaired) electrons. The van der Waals surface area contributed by atoms with Gasteiger partial charge in [-0.2, -0.15) is 11.8 Å². The van der Waals surface area contributed by atoms with Crippen molar-refractivity contribution in [1.29, 1.82) is 0 Å². The first kappa shape index (κ1) is 17.2. The maximum Gasteiger partial charge on any atom is 0.334 e. The zero-order chi connectivity index (χ0) is 15.0. The fraction of sp³-hybridized carbons (Fsp3) is 0.636. The topological polar surface area (TPSA) is 92.8 Å². The SMILES string of the molecule is O=C(CI)NCCSCCC(=O)ON1C(=O)CCC1=O. The van der Waals surface area contributed by atoms with Crippen LogP contribution in [0.2, 0.25) is 0 Å². The van der Waals surface area contributed by atoms with E-state index < -0.39 is 17.8 Å². The molecular formula is C11H15IN2O5S. The third-order valence-corrected chi connectivity index (χ3v) is 4.02. The molecule has 0 spiro atoms. The average Bonchev–Trinajstić information content (AvgIpc) is 2.74. The smallest absolute Gasteiger partial charge is 0.334 e. The molecule has 0 saturated carbocycles. The van der Waals surface area contributed by atoms with Crippen LogP contribution >= 0.6 is 34.4 Å². The van der Waals surface area contributed by atoms with E-state index in [1.54, 1.807) is 0 Å². The number of hydrogen-bond acceptors (Lipinski definition) is 6. The van der Waals surface area contributed by atoms with E-state index in [1.807, 2.05) is 22.6 Å². The summed E-state index contributed by atoms with van der Waals surface area (Å²) in [5.41, 5.74) is 0. The Morgan fingerprint density at radius 2 is 1.90 bits per heavy atom. The third kappa shape index (κ3) is 6.07. The minimum Gasteiger partial charge on any atom is -0.355 e. The molecule has 0 bridgehead atoms. The second kappa shape index (κ2) is 9.16. The summed E-state index contributed by atoms with van der Waals surface area (Å²) in [4.78, 5) is 49.5. The molecule has 20 heavy (non-hydrogen) atoms. The molecule has 0 aromatic heterocycles. The van der Waals surface area contributed by atoms with E-state index in [0.29, 0.717) is 27.5 Å². The second-order valence-corrected chi connectivity index (χ2v) is 5.88. The van der Waals surface area contributed by atoms with Crippen LogP contribution in [0.5, 0.6) is 0 Å². The van der Waals surface area contributed by atoms with E-state index >= 15 is 0 Å². The molecular weight excluding hydrogens is 399 g/mol. The van der Waals surface area contributed by atoms with Crippen LogP contribution in [-0.4, -0.2) is 51.2 Å². The van der Waals surface area contributed by atoms with Gasteiger partial charge in [-0.1, -0.05) is 22.6 Å². The summed E-state index contributed by atoms with van der Waals surface area (Å²) in [5, 5.41) is 3.26. The van der Waals surface area contributed by atoms with Crippen molar-refractivity contribution in [2.45, 2.75) is 19.3 Å². The Balaban J connectivity index is 2.07. The van der Waals surface area contributed by atoms with Crippen molar-refractivity contribution < 1.29 is 24.0 Å². The number of nitrogens with zero attached hydrogens (tertiary/aromatic N) is 1. The minimum absolute atomic E-state index is 0.0170. The first-order valence-electron chi connectivity index (χ1n) is 6.01. The van der Waals surface area contributed by atoms with Gasteiger partial charge in [0.25, 0.3) is 11.8 Å². The molecule has 112 valence electrons. The Hall–Kier alpha value is -0.840. The highest BCUT2D eigenvalue weighted by molar-refractivity contribution is 14.1. The number of amides is 3. The van der Waals surface area contributed by atoms with E-state index in [4.69, 9.17) is 4.84 Å². The third-order valence-electron chi connectivity index (χ3n) is 2.34. The number of rotatable bonds is 8. The summed E-state index contributed by atoms with van der Waals surface area (Å²) >= 11 is 3.46. The molecule has 1 rings (SSSR count). The predicted molar refractivity (Wildman–Crippen MR) is 81.0 cm³/mol. The fourth-order valence-electron chi connectivity index (χ4n) is 1.37. The molecule has 1 heterocycles. The Morgan fingerprint density at radius 1 is 1.25 bits per heavy atom. The van der Waals surface area contributed by atoms with Gasteiger partial charge in [0.15, 0.2) is 0 Å². The van der Waals surface area contributed by atoms with Crippen LogP contribution in [0.25, 0.3) is 0 Å². The lowest BCUT2D eigenvalue weighted by atomic mass is 10.4. The number of nitrogens with one attached hydrogen (secondary N) is 1. The zero-order valence-corrected chi connectivity index (χ0v) is 13.7. The highest BCUT2D eigenvalue weighted by Crippen LogP contribution is 2.13. The lowest BCUT2D eigenvalue weighted by Crippen LogP contribution is -2.32. The molecule has 1 saturated heterocycles. The molecule has 3 amide bonds. The Kier molecular flexibility index (Phi) is 7.88. The summed E-state index contributed by atoms with van der Waals surface area (Å²) in [5.74, 6) is -0.365. The number of carbonyl (C=O) groups is 4. The number of alkyl halides is 1. The largest absolute Gasteiger partial charge is 0.355 e. The lowest BCUT2D eigenvalue weighted by Gasteiger charge is -2.12. The molecule has 1 N–H and O–H groups in total. The van der Waals surface area contributed by atoms with Crippen LogP contribution < -0.4 is 5.32 Å². The van der Waals surface area contributed by atoms with E-state index in [2.05, 4.69) is 5.32 Å². The summed E-state index contributed by atoms with van der Waals surface area (Å²) in [7, 11) is 0. The maximum absolute atomic E-state index is 11.4. The van der Waals surface area contributed by atoms with Gasteiger partial charge >= 0.3 is 5.97 Å². The van der Waals surface area contributed by atoms with Crippen molar-refractivity contribution in [2.24, 2.45) is 0 Å². The lowest BCUT2D eigenvalue weighted by molar-refractivity contribution is -0.197. The van der Waals surface area contributed by atoms with Gasteiger partial charge in [0.2, 0.25) is 5.91 Å². The van der Waals surface area contributed by atoms with E-state index in [1.165, 1.54) is 11.8 Å². The van der Waals surface area contributed by atoms with Crippen molar-refractivity contribution >= 4 is 58.0 Å². The predicted octanol–water partition coefficient (Wildman–Crippen LogP) is 0.268. The molecule has 9 heteroatoms. The molecule has 0 atom stereocenters. The van der Waals surface area contributed by atoms with Crippen molar-refractivity contribution in [2.75, 3.05) is 22.5 Å². The van der Waals surface area contributed by atoms with Crippen molar-refractivity contribution in [1.82, 2.24) is 10.4 Å². The zero-order valence-electron chi connectivity index (χ0n) is 10.7. The van der Waals surface area contributed by atoms with Crippen LogP contribution in [-0.2, 0) is 24.0 Å².